The van der Waals surface area contributed by atoms with E-state index in [0.29, 0.717) is 29.3 Å². The monoisotopic (exact) mass is 457 g/mol. The molecule has 4 aromatic rings. The molecule has 0 aliphatic carbocycles. The highest BCUT2D eigenvalue weighted by Crippen LogP contribution is 2.33. The number of H-pyrrole nitrogens is 1. The van der Waals surface area contributed by atoms with Gasteiger partial charge >= 0.3 is 0 Å². The topological polar surface area (TPSA) is 92.4 Å². The number of fused-ring (bicyclic) bond motifs is 1. The second-order valence-electron chi connectivity index (χ2n) is 8.21. The van der Waals surface area contributed by atoms with Gasteiger partial charge in [-0.3, -0.25) is 9.69 Å². The molecule has 0 radical (unpaired) electrons. The summed E-state index contributed by atoms with van der Waals surface area (Å²) in [5.74, 6) is 1.70. The Morgan fingerprint density at radius 2 is 1.97 bits per heavy atom. The summed E-state index contributed by atoms with van der Waals surface area (Å²) in [5, 5.41) is 2.84. The number of anilines is 1. The van der Waals surface area contributed by atoms with Crippen molar-refractivity contribution in [3.05, 3.63) is 71.9 Å². The van der Waals surface area contributed by atoms with Crippen LogP contribution in [0.15, 0.2) is 60.8 Å². The number of nitrogens with zero attached hydrogens (tertiary/aromatic N) is 3. The number of amides is 1. The third-order valence-electron chi connectivity index (χ3n) is 5.89. The molecule has 34 heavy (non-hydrogen) atoms. The van der Waals surface area contributed by atoms with Gasteiger partial charge < -0.3 is 19.8 Å². The van der Waals surface area contributed by atoms with Crippen molar-refractivity contribution in [1.29, 1.82) is 0 Å². The van der Waals surface area contributed by atoms with Crippen molar-refractivity contribution in [1.82, 2.24) is 19.9 Å². The van der Waals surface area contributed by atoms with Gasteiger partial charge in [0.15, 0.2) is 0 Å². The van der Waals surface area contributed by atoms with E-state index in [2.05, 4.69) is 20.2 Å². The summed E-state index contributed by atoms with van der Waals surface area (Å²) in [6.45, 7) is 6.84. The number of morpholine rings is 1. The third kappa shape index (κ3) is 4.78. The maximum absolute atomic E-state index is 12.9. The van der Waals surface area contributed by atoms with Gasteiger partial charge in [0.2, 0.25) is 0 Å². The number of aromatic amines is 1. The SMILES string of the molecule is Cc1cccc(-c2nc3c(C(=O)Nc4ccccn4)cccc3[nH]2)c1OCCN1CCOCC1. The number of nitrogens with one attached hydrogen (secondary N) is 2. The van der Waals surface area contributed by atoms with Crippen LogP contribution < -0.4 is 10.1 Å². The summed E-state index contributed by atoms with van der Waals surface area (Å²) >= 11 is 0. The van der Waals surface area contributed by atoms with Gasteiger partial charge in [-0.15, -0.1) is 0 Å². The molecule has 1 aliphatic rings. The number of para-hydroxylation sites is 2. The Bertz CT molecular complexity index is 1280. The number of hydrogen-bond acceptors (Lipinski definition) is 6. The molecule has 0 spiro atoms. The molecule has 2 N–H and O–H groups in total. The molecular formula is C26H27N5O3. The molecule has 2 aromatic carbocycles. The van der Waals surface area contributed by atoms with E-state index < -0.39 is 0 Å². The van der Waals surface area contributed by atoms with Gasteiger partial charge in [-0.05, 0) is 42.8 Å². The second kappa shape index (κ2) is 10.0. The van der Waals surface area contributed by atoms with Crippen molar-refractivity contribution in [3.63, 3.8) is 0 Å². The summed E-state index contributed by atoms with van der Waals surface area (Å²) in [4.78, 5) is 27.6. The summed E-state index contributed by atoms with van der Waals surface area (Å²) < 4.78 is 11.7. The van der Waals surface area contributed by atoms with Crippen LogP contribution in [0.25, 0.3) is 22.4 Å². The van der Waals surface area contributed by atoms with Crippen LogP contribution in [0.1, 0.15) is 15.9 Å². The zero-order valence-corrected chi connectivity index (χ0v) is 19.1. The number of rotatable bonds is 7. The molecule has 3 heterocycles. The number of benzene rings is 2. The maximum Gasteiger partial charge on any atom is 0.259 e. The standard InChI is InChI=1S/C26H27N5O3/c1-18-6-4-8-20(24(18)34-17-14-31-12-15-33-16-13-31)25-28-21-9-5-7-19(23(21)30-25)26(32)29-22-10-2-3-11-27-22/h2-11H,12-17H2,1H3,(H,28,30)(H,27,29,32). The van der Waals surface area contributed by atoms with Crippen LogP contribution in [-0.4, -0.2) is 65.2 Å². The van der Waals surface area contributed by atoms with Crippen molar-refractivity contribution < 1.29 is 14.3 Å². The number of carbonyl (C=O) groups is 1. The van der Waals surface area contributed by atoms with Crippen molar-refractivity contribution in [2.45, 2.75) is 6.92 Å². The van der Waals surface area contributed by atoms with E-state index in [1.165, 1.54) is 0 Å². The van der Waals surface area contributed by atoms with Crippen molar-refractivity contribution in [2.24, 2.45) is 0 Å². The van der Waals surface area contributed by atoms with Gasteiger partial charge in [-0.25, -0.2) is 9.97 Å². The lowest BCUT2D eigenvalue weighted by Crippen LogP contribution is -2.38. The minimum atomic E-state index is -0.256. The zero-order chi connectivity index (χ0) is 23.3. The number of aryl methyl sites for hydroxylation is 1. The Morgan fingerprint density at radius 1 is 1.12 bits per heavy atom. The number of aromatic nitrogens is 3. The molecule has 5 rings (SSSR count). The van der Waals surface area contributed by atoms with E-state index in [-0.39, 0.29) is 5.91 Å². The molecule has 0 unspecified atom stereocenters. The molecule has 1 amide bonds. The van der Waals surface area contributed by atoms with E-state index in [0.717, 1.165) is 55.2 Å². The minimum absolute atomic E-state index is 0.256. The Morgan fingerprint density at radius 3 is 2.79 bits per heavy atom. The van der Waals surface area contributed by atoms with Gasteiger partial charge in [0.05, 0.1) is 29.9 Å². The lowest BCUT2D eigenvalue weighted by atomic mass is 10.1. The minimum Gasteiger partial charge on any atom is -0.491 e. The first-order chi connectivity index (χ1) is 16.7. The van der Waals surface area contributed by atoms with Gasteiger partial charge in [0.25, 0.3) is 5.91 Å². The van der Waals surface area contributed by atoms with E-state index in [1.807, 2.05) is 43.3 Å². The van der Waals surface area contributed by atoms with E-state index in [1.54, 1.807) is 24.4 Å². The van der Waals surface area contributed by atoms with E-state index in [9.17, 15) is 4.79 Å². The highest BCUT2D eigenvalue weighted by Gasteiger charge is 2.18. The van der Waals surface area contributed by atoms with E-state index >= 15 is 0 Å². The molecule has 0 atom stereocenters. The fraction of sp³-hybridized carbons (Fsp3) is 0.269. The average molecular weight is 458 g/mol. The van der Waals surface area contributed by atoms with Crippen LogP contribution in [0.2, 0.25) is 0 Å². The molecule has 8 nitrogen and oxygen atoms in total. The predicted molar refractivity (Wildman–Crippen MR) is 131 cm³/mol. The number of hydrogen-bond donors (Lipinski definition) is 2. The quantitative estimate of drug-likeness (QED) is 0.437. The van der Waals surface area contributed by atoms with Crippen molar-refractivity contribution in [2.75, 3.05) is 44.8 Å². The average Bonchev–Trinajstić information content (AvgIpc) is 3.30. The Kier molecular flexibility index (Phi) is 6.51. The number of ether oxygens (including phenoxy) is 2. The molecule has 8 heteroatoms. The van der Waals surface area contributed by atoms with Crippen LogP contribution in [0, 0.1) is 6.92 Å². The van der Waals surface area contributed by atoms with Crippen LogP contribution in [0.3, 0.4) is 0 Å². The van der Waals surface area contributed by atoms with Gasteiger partial charge in [-0.2, -0.15) is 0 Å². The molecule has 1 saturated heterocycles. The molecule has 1 aliphatic heterocycles. The smallest absolute Gasteiger partial charge is 0.259 e. The summed E-state index contributed by atoms with van der Waals surface area (Å²) in [5.41, 5.74) is 3.77. The molecule has 174 valence electrons. The second-order valence-corrected chi connectivity index (χ2v) is 8.21. The van der Waals surface area contributed by atoms with Gasteiger partial charge in [-0.1, -0.05) is 24.3 Å². The highest BCUT2D eigenvalue weighted by atomic mass is 16.5. The molecule has 1 fully saturated rings. The lowest BCUT2D eigenvalue weighted by molar-refractivity contribution is 0.0322. The Labute approximate surface area is 197 Å². The number of carbonyl (C=O) groups excluding carboxylic acids is 1. The van der Waals surface area contributed by atoms with Gasteiger partial charge in [0, 0.05) is 25.8 Å². The molecule has 0 bridgehead atoms. The fourth-order valence-corrected chi connectivity index (χ4v) is 4.10. The van der Waals surface area contributed by atoms with Crippen LogP contribution in [-0.2, 0) is 4.74 Å². The summed E-state index contributed by atoms with van der Waals surface area (Å²) in [7, 11) is 0. The fourth-order valence-electron chi connectivity index (χ4n) is 4.10. The highest BCUT2D eigenvalue weighted by molar-refractivity contribution is 6.11. The first-order valence-electron chi connectivity index (χ1n) is 11.4. The predicted octanol–water partition coefficient (Wildman–Crippen LogP) is 3.90. The molecular weight excluding hydrogens is 430 g/mol. The number of pyridine rings is 1. The number of imidazole rings is 1. The normalized spacial score (nSPS) is 14.3. The first-order valence-corrected chi connectivity index (χ1v) is 11.4. The largest absolute Gasteiger partial charge is 0.491 e. The van der Waals surface area contributed by atoms with Crippen LogP contribution >= 0.6 is 0 Å². The Balaban J connectivity index is 1.40. The van der Waals surface area contributed by atoms with Crippen LogP contribution in [0.4, 0.5) is 5.82 Å². The van der Waals surface area contributed by atoms with Crippen molar-refractivity contribution in [3.8, 4) is 17.1 Å². The van der Waals surface area contributed by atoms with Crippen LogP contribution in [0.5, 0.6) is 5.75 Å². The maximum atomic E-state index is 12.9. The van der Waals surface area contributed by atoms with E-state index in [4.69, 9.17) is 14.5 Å². The first kappa shape index (κ1) is 22.1. The summed E-state index contributed by atoms with van der Waals surface area (Å²) in [6, 6.07) is 16.9. The lowest BCUT2D eigenvalue weighted by Gasteiger charge is -2.26. The summed E-state index contributed by atoms with van der Waals surface area (Å²) in [6.07, 6.45) is 1.64. The van der Waals surface area contributed by atoms with Gasteiger partial charge in [0.1, 0.15) is 29.5 Å². The third-order valence-corrected chi connectivity index (χ3v) is 5.89. The zero-order valence-electron chi connectivity index (χ0n) is 19.1. The molecule has 0 saturated carbocycles. The van der Waals surface area contributed by atoms with Crippen molar-refractivity contribution >= 4 is 22.8 Å². The Hall–Kier alpha value is -3.75. The molecule has 2 aromatic heterocycles.